The van der Waals surface area contributed by atoms with Gasteiger partial charge in [0.1, 0.15) is 0 Å². The number of benzene rings is 2. The van der Waals surface area contributed by atoms with Crippen LogP contribution in [0.2, 0.25) is 0 Å². The highest BCUT2D eigenvalue weighted by molar-refractivity contribution is 14.1. The summed E-state index contributed by atoms with van der Waals surface area (Å²) in [6.07, 6.45) is 0. The predicted molar refractivity (Wildman–Crippen MR) is 66.4 cm³/mol. The number of aryl methyl sites for hydroxylation is 1. The summed E-state index contributed by atoms with van der Waals surface area (Å²) in [7, 11) is 0. The van der Waals surface area contributed by atoms with Gasteiger partial charge >= 0.3 is 0 Å². The fourth-order valence-corrected chi connectivity index (χ4v) is 2.29. The molecule has 0 nitrogen and oxygen atoms in total. The van der Waals surface area contributed by atoms with Crippen LogP contribution >= 0.6 is 22.6 Å². The van der Waals surface area contributed by atoms with Crippen LogP contribution in [0.5, 0.6) is 0 Å². The van der Waals surface area contributed by atoms with Crippen molar-refractivity contribution in [2.24, 2.45) is 0 Å². The van der Waals surface area contributed by atoms with Crippen LogP contribution in [-0.4, -0.2) is 0 Å². The Morgan fingerprint density at radius 2 is 1.69 bits per heavy atom. The molecule has 0 saturated heterocycles. The minimum absolute atomic E-state index is 1.08. The van der Waals surface area contributed by atoms with E-state index in [9.17, 15) is 0 Å². The van der Waals surface area contributed by atoms with Gasteiger partial charge in [0.25, 0.3) is 0 Å². The van der Waals surface area contributed by atoms with Crippen molar-refractivity contribution in [3.8, 4) is 0 Å². The van der Waals surface area contributed by atoms with Gasteiger partial charge in [0.2, 0.25) is 0 Å². The molecule has 0 amide bonds. The third-order valence-electron chi connectivity index (χ3n) is 2.38. The third kappa shape index (κ3) is 1.57. The maximum Gasteiger partial charge on any atom is 0.0253 e. The Bertz CT molecular complexity index is 432. The summed E-state index contributed by atoms with van der Waals surface area (Å²) < 4.78 is 1.08. The van der Waals surface area contributed by atoms with E-state index >= 15 is 0 Å². The molecule has 0 radical (unpaired) electrons. The Morgan fingerprint density at radius 3 is 2.38 bits per heavy atom. The van der Waals surface area contributed by atoms with Crippen LogP contribution < -0.4 is 0 Å². The van der Waals surface area contributed by atoms with Crippen molar-refractivity contribution in [2.45, 2.75) is 11.4 Å². The van der Waals surface area contributed by atoms with Crippen LogP contribution in [0.4, 0.5) is 0 Å². The molecule has 2 aromatic rings. The molecule has 0 aliphatic heterocycles. The maximum absolute atomic E-state index is 2.41. The normalized spacial score (nSPS) is 10.6. The van der Waals surface area contributed by atoms with Gasteiger partial charge in [-0.2, -0.15) is 0 Å². The molecule has 0 saturated carbocycles. The summed E-state index contributed by atoms with van der Waals surface area (Å²) in [6.45, 7) is 2.17. The lowest BCUT2D eigenvalue weighted by molar-refractivity contribution is 1.45. The van der Waals surface area contributed by atoms with Gasteiger partial charge in [0.15, 0.2) is 0 Å². The van der Waals surface area contributed by atoms with Crippen LogP contribution in [0, 0.1) is 6.92 Å². The molecule has 2 aromatic carbocycles. The van der Waals surface area contributed by atoms with Crippen molar-refractivity contribution < 1.29 is 0 Å². The zero-order valence-electron chi connectivity index (χ0n) is 7.55. The van der Waals surface area contributed by atoms with Crippen molar-refractivity contribution in [1.82, 2.24) is 0 Å². The fourth-order valence-electron chi connectivity index (χ4n) is 1.63. The summed E-state index contributed by atoms with van der Waals surface area (Å²) in [5, 5.41) is 2.79. The maximum atomic E-state index is 2.41. The van der Waals surface area contributed by atoms with Gasteiger partial charge < -0.3 is 0 Å². The van der Waals surface area contributed by atoms with Crippen LogP contribution in [0.3, 0.4) is 0 Å². The molecule has 0 fully saturated rings. The van der Waals surface area contributed by atoms with E-state index in [0.717, 1.165) is 4.43 Å². The molecule has 0 aliphatic rings. The lowest BCUT2D eigenvalue weighted by Gasteiger charge is -2.05. The Kier molecular flexibility index (Phi) is 2.54. The van der Waals surface area contributed by atoms with Gasteiger partial charge in [-0.1, -0.05) is 59.0 Å². The standard InChI is InChI=1S/C12H11I/c1-9-6-7-10(8-13)12-5-3-2-4-11(9)12/h2-7H,8H2,1H3. The molecule has 0 bridgehead atoms. The molecule has 0 aromatic heterocycles. The highest BCUT2D eigenvalue weighted by atomic mass is 127. The molecule has 0 unspecified atom stereocenters. The first-order valence-corrected chi connectivity index (χ1v) is 5.88. The second-order valence-electron chi connectivity index (χ2n) is 3.22. The summed E-state index contributed by atoms with van der Waals surface area (Å²) >= 11 is 2.41. The largest absolute Gasteiger partial charge is 0.0812 e. The van der Waals surface area contributed by atoms with E-state index in [0.29, 0.717) is 0 Å². The van der Waals surface area contributed by atoms with E-state index < -0.39 is 0 Å². The van der Waals surface area contributed by atoms with Crippen LogP contribution in [0.25, 0.3) is 10.8 Å². The third-order valence-corrected chi connectivity index (χ3v) is 3.20. The first-order chi connectivity index (χ1) is 6.33. The lowest BCUT2D eigenvalue weighted by Crippen LogP contribution is -1.84. The number of rotatable bonds is 1. The Hall–Kier alpha value is -0.570. The molecular weight excluding hydrogens is 271 g/mol. The van der Waals surface area contributed by atoms with Gasteiger partial charge in [-0.3, -0.25) is 0 Å². The SMILES string of the molecule is Cc1ccc(CI)c2ccccc12. The minimum atomic E-state index is 1.08. The lowest BCUT2D eigenvalue weighted by atomic mass is 10.0. The fraction of sp³-hybridized carbons (Fsp3) is 0.167. The van der Waals surface area contributed by atoms with Crippen molar-refractivity contribution in [3.05, 3.63) is 47.5 Å². The van der Waals surface area contributed by atoms with Crippen LogP contribution in [-0.2, 0) is 4.43 Å². The molecule has 13 heavy (non-hydrogen) atoms. The van der Waals surface area contributed by atoms with Crippen molar-refractivity contribution in [1.29, 1.82) is 0 Å². The quantitative estimate of drug-likeness (QED) is 0.546. The van der Waals surface area contributed by atoms with Gasteiger partial charge in [0.05, 0.1) is 0 Å². The molecular formula is C12H11I. The molecule has 0 heterocycles. The van der Waals surface area contributed by atoms with Gasteiger partial charge in [-0.05, 0) is 28.8 Å². The number of alkyl halides is 1. The zero-order valence-corrected chi connectivity index (χ0v) is 9.71. The monoisotopic (exact) mass is 282 g/mol. The van der Waals surface area contributed by atoms with Gasteiger partial charge in [0, 0.05) is 4.43 Å². The highest BCUT2D eigenvalue weighted by Crippen LogP contribution is 2.23. The topological polar surface area (TPSA) is 0 Å². The van der Waals surface area contributed by atoms with Gasteiger partial charge in [-0.15, -0.1) is 0 Å². The minimum Gasteiger partial charge on any atom is -0.0812 e. The van der Waals surface area contributed by atoms with Crippen molar-refractivity contribution in [2.75, 3.05) is 0 Å². The van der Waals surface area contributed by atoms with E-state index in [1.54, 1.807) is 0 Å². The number of fused-ring (bicyclic) bond motifs is 1. The number of hydrogen-bond acceptors (Lipinski definition) is 0. The van der Waals surface area contributed by atoms with E-state index in [1.165, 1.54) is 21.9 Å². The average molecular weight is 282 g/mol. The molecule has 0 spiro atoms. The summed E-state index contributed by atoms with van der Waals surface area (Å²) in [6, 6.07) is 13.0. The van der Waals surface area contributed by atoms with E-state index in [-0.39, 0.29) is 0 Å². The van der Waals surface area contributed by atoms with E-state index in [4.69, 9.17) is 0 Å². The predicted octanol–water partition coefficient (Wildman–Crippen LogP) is 4.08. The van der Waals surface area contributed by atoms with Crippen LogP contribution in [0.15, 0.2) is 36.4 Å². The molecule has 0 aliphatic carbocycles. The zero-order chi connectivity index (χ0) is 9.26. The van der Waals surface area contributed by atoms with Gasteiger partial charge in [-0.25, -0.2) is 0 Å². The summed E-state index contributed by atoms with van der Waals surface area (Å²) in [5.41, 5.74) is 2.80. The molecule has 0 N–H and O–H groups in total. The van der Waals surface area contributed by atoms with E-state index in [1.807, 2.05) is 0 Å². The highest BCUT2D eigenvalue weighted by Gasteiger charge is 2.00. The number of hydrogen-bond donors (Lipinski definition) is 0. The van der Waals surface area contributed by atoms with Crippen molar-refractivity contribution >= 4 is 33.4 Å². The molecule has 66 valence electrons. The van der Waals surface area contributed by atoms with Crippen LogP contribution in [0.1, 0.15) is 11.1 Å². The van der Waals surface area contributed by atoms with E-state index in [2.05, 4.69) is 65.9 Å². The first kappa shape index (κ1) is 9.00. The average Bonchev–Trinajstić information content (AvgIpc) is 2.19. The summed E-state index contributed by atoms with van der Waals surface area (Å²) in [4.78, 5) is 0. The second kappa shape index (κ2) is 3.66. The Balaban J connectivity index is 2.84. The molecule has 0 atom stereocenters. The smallest absolute Gasteiger partial charge is 0.0253 e. The molecule has 1 heteroatoms. The Morgan fingerprint density at radius 1 is 1.00 bits per heavy atom. The first-order valence-electron chi connectivity index (χ1n) is 4.36. The number of halogens is 1. The molecule has 2 rings (SSSR count). The Labute approximate surface area is 92.1 Å². The summed E-state index contributed by atoms with van der Waals surface area (Å²) in [5.74, 6) is 0. The van der Waals surface area contributed by atoms with Crippen molar-refractivity contribution in [3.63, 3.8) is 0 Å². The second-order valence-corrected chi connectivity index (χ2v) is 3.98.